The van der Waals surface area contributed by atoms with Gasteiger partial charge in [0.25, 0.3) is 0 Å². The smallest absolute Gasteiger partial charge is 0.330 e. The van der Waals surface area contributed by atoms with Gasteiger partial charge >= 0.3 is 5.69 Å². The predicted molar refractivity (Wildman–Crippen MR) is 60.1 cm³/mol. The molecule has 2 rings (SSSR count). The van der Waals surface area contributed by atoms with Gasteiger partial charge < -0.3 is 10.7 Å². The highest BCUT2D eigenvalue weighted by Crippen LogP contribution is 2.18. The molecule has 3 N–H and O–H groups in total. The first-order chi connectivity index (χ1) is 7.20. The number of nitrogens with two attached hydrogens (primary N) is 1. The summed E-state index contributed by atoms with van der Waals surface area (Å²) in [7, 11) is 0. The van der Waals surface area contributed by atoms with Gasteiger partial charge in [-0.25, -0.2) is 4.79 Å². The van der Waals surface area contributed by atoms with Gasteiger partial charge in [0.1, 0.15) is 0 Å². The Morgan fingerprint density at radius 2 is 2.27 bits per heavy atom. The summed E-state index contributed by atoms with van der Waals surface area (Å²) < 4.78 is 0. The molecular formula is C10H10ClN3O. The average molecular weight is 224 g/mol. The van der Waals surface area contributed by atoms with Crippen LogP contribution >= 0.6 is 11.6 Å². The van der Waals surface area contributed by atoms with Crippen LogP contribution in [0.15, 0.2) is 23.0 Å². The molecule has 0 atom stereocenters. The standard InChI is InChI=1S/C10H10ClN3O/c11-6-1-2-8-7(5-6)9(3-4-12)14-10(15)13-8/h1-2,5H,3-4,12H2,(H,13,14,15). The van der Waals surface area contributed by atoms with Crippen LogP contribution < -0.4 is 11.4 Å². The van der Waals surface area contributed by atoms with Crippen molar-refractivity contribution in [3.63, 3.8) is 0 Å². The Morgan fingerprint density at radius 3 is 3.00 bits per heavy atom. The summed E-state index contributed by atoms with van der Waals surface area (Å²) >= 11 is 5.88. The Labute approximate surface area is 91.1 Å². The van der Waals surface area contributed by atoms with E-state index >= 15 is 0 Å². The summed E-state index contributed by atoms with van der Waals surface area (Å²) in [6.45, 7) is 0.474. The van der Waals surface area contributed by atoms with Crippen molar-refractivity contribution >= 4 is 22.5 Å². The Morgan fingerprint density at radius 1 is 1.47 bits per heavy atom. The lowest BCUT2D eigenvalue weighted by Gasteiger charge is -2.04. The van der Waals surface area contributed by atoms with Gasteiger partial charge in [0.2, 0.25) is 0 Å². The SMILES string of the molecule is NCCc1[nH]c(=O)nc2ccc(Cl)cc12. The number of nitrogens with one attached hydrogen (secondary N) is 1. The van der Waals surface area contributed by atoms with Crippen molar-refractivity contribution in [3.05, 3.63) is 39.4 Å². The van der Waals surface area contributed by atoms with E-state index in [-0.39, 0.29) is 5.69 Å². The van der Waals surface area contributed by atoms with Gasteiger partial charge in [-0.1, -0.05) is 11.6 Å². The maximum atomic E-state index is 11.2. The fourth-order valence-electron chi connectivity index (χ4n) is 1.52. The zero-order valence-corrected chi connectivity index (χ0v) is 8.71. The number of benzene rings is 1. The number of fused-ring (bicyclic) bond motifs is 1. The van der Waals surface area contributed by atoms with E-state index in [1.54, 1.807) is 18.2 Å². The largest absolute Gasteiger partial charge is 0.345 e. The molecule has 1 aromatic carbocycles. The average Bonchev–Trinajstić information content (AvgIpc) is 2.19. The number of aromatic amines is 1. The van der Waals surface area contributed by atoms with E-state index in [0.717, 1.165) is 11.1 Å². The van der Waals surface area contributed by atoms with E-state index in [1.165, 1.54) is 0 Å². The Hall–Kier alpha value is -1.39. The number of H-pyrrole nitrogens is 1. The molecule has 0 aliphatic rings. The molecule has 0 saturated heterocycles. The summed E-state index contributed by atoms with van der Waals surface area (Å²) in [5.41, 5.74) is 6.54. The molecule has 4 nitrogen and oxygen atoms in total. The van der Waals surface area contributed by atoms with Crippen molar-refractivity contribution < 1.29 is 0 Å². The van der Waals surface area contributed by atoms with Crippen molar-refractivity contribution in [2.24, 2.45) is 5.73 Å². The summed E-state index contributed by atoms with van der Waals surface area (Å²) in [4.78, 5) is 17.7. The maximum Gasteiger partial charge on any atom is 0.345 e. The van der Waals surface area contributed by atoms with Crippen LogP contribution in [0.2, 0.25) is 5.02 Å². The van der Waals surface area contributed by atoms with E-state index in [1.807, 2.05) is 0 Å². The summed E-state index contributed by atoms with van der Waals surface area (Å²) in [5.74, 6) is 0. The van der Waals surface area contributed by atoms with Crippen LogP contribution in [0.3, 0.4) is 0 Å². The van der Waals surface area contributed by atoms with E-state index < -0.39 is 0 Å². The summed E-state index contributed by atoms with van der Waals surface area (Å²) in [6.07, 6.45) is 0.606. The topological polar surface area (TPSA) is 71.8 Å². The van der Waals surface area contributed by atoms with Gasteiger partial charge in [0.05, 0.1) is 5.52 Å². The molecule has 1 aromatic heterocycles. The third kappa shape index (κ3) is 2.00. The highest BCUT2D eigenvalue weighted by atomic mass is 35.5. The van der Waals surface area contributed by atoms with Crippen molar-refractivity contribution in [2.45, 2.75) is 6.42 Å². The first-order valence-corrected chi connectivity index (χ1v) is 4.97. The fraction of sp³-hybridized carbons (Fsp3) is 0.200. The van der Waals surface area contributed by atoms with Gasteiger partial charge in [0.15, 0.2) is 0 Å². The Balaban J connectivity index is 2.75. The fourth-order valence-corrected chi connectivity index (χ4v) is 1.69. The molecule has 0 amide bonds. The van der Waals surface area contributed by atoms with Gasteiger partial charge in [-0.3, -0.25) is 0 Å². The molecule has 0 aliphatic carbocycles. The molecule has 0 saturated carbocycles. The van der Waals surface area contributed by atoms with E-state index in [2.05, 4.69) is 9.97 Å². The van der Waals surface area contributed by atoms with Crippen molar-refractivity contribution in [1.82, 2.24) is 9.97 Å². The zero-order chi connectivity index (χ0) is 10.8. The highest BCUT2D eigenvalue weighted by molar-refractivity contribution is 6.31. The lowest BCUT2D eigenvalue weighted by molar-refractivity contribution is 0.910. The van der Waals surface area contributed by atoms with Gasteiger partial charge in [-0.05, 0) is 24.7 Å². The second-order valence-corrected chi connectivity index (χ2v) is 3.66. The minimum absolute atomic E-state index is 0.353. The number of aromatic nitrogens is 2. The number of hydrogen-bond acceptors (Lipinski definition) is 3. The molecule has 0 aliphatic heterocycles. The zero-order valence-electron chi connectivity index (χ0n) is 7.96. The van der Waals surface area contributed by atoms with Crippen molar-refractivity contribution in [1.29, 1.82) is 0 Å². The molecule has 5 heteroatoms. The van der Waals surface area contributed by atoms with Crippen LogP contribution in [-0.2, 0) is 6.42 Å². The van der Waals surface area contributed by atoms with Gasteiger partial charge in [-0.2, -0.15) is 4.98 Å². The second-order valence-electron chi connectivity index (χ2n) is 3.22. The van der Waals surface area contributed by atoms with Crippen molar-refractivity contribution in [3.8, 4) is 0 Å². The van der Waals surface area contributed by atoms with Crippen molar-refractivity contribution in [2.75, 3.05) is 6.54 Å². The molecule has 0 bridgehead atoms. The number of nitrogens with zero attached hydrogens (tertiary/aromatic N) is 1. The Bertz CT molecular complexity index is 550. The first-order valence-electron chi connectivity index (χ1n) is 4.59. The monoisotopic (exact) mass is 223 g/mol. The molecule has 2 aromatic rings. The van der Waals surface area contributed by atoms with Gasteiger partial charge in [-0.15, -0.1) is 0 Å². The Kier molecular flexibility index (Phi) is 2.70. The number of hydrogen-bond donors (Lipinski definition) is 2. The van der Waals surface area contributed by atoms with Crippen LogP contribution in [0.5, 0.6) is 0 Å². The third-order valence-corrected chi connectivity index (χ3v) is 2.39. The normalized spacial score (nSPS) is 10.8. The maximum absolute atomic E-state index is 11.2. The van der Waals surface area contributed by atoms with Crippen LogP contribution in [0.1, 0.15) is 5.69 Å². The third-order valence-electron chi connectivity index (χ3n) is 2.16. The quantitative estimate of drug-likeness (QED) is 0.800. The molecule has 0 spiro atoms. The summed E-state index contributed by atoms with van der Waals surface area (Å²) in [6, 6.07) is 5.22. The number of rotatable bonds is 2. The van der Waals surface area contributed by atoms with Crippen LogP contribution in [0.25, 0.3) is 10.9 Å². The lowest BCUT2D eigenvalue weighted by Crippen LogP contribution is -2.15. The first kappa shape index (κ1) is 10.1. The summed E-state index contributed by atoms with van der Waals surface area (Å²) in [5, 5.41) is 1.47. The van der Waals surface area contributed by atoms with Gasteiger partial charge in [0, 0.05) is 22.5 Å². The number of halogens is 1. The van der Waals surface area contributed by atoms with Crippen LogP contribution in [0.4, 0.5) is 0 Å². The molecule has 15 heavy (non-hydrogen) atoms. The van der Waals surface area contributed by atoms with E-state index in [0.29, 0.717) is 23.5 Å². The van der Waals surface area contributed by atoms with Crippen LogP contribution in [0, 0.1) is 0 Å². The van der Waals surface area contributed by atoms with Crippen LogP contribution in [-0.4, -0.2) is 16.5 Å². The molecular weight excluding hydrogens is 214 g/mol. The molecule has 0 fully saturated rings. The van der Waals surface area contributed by atoms with E-state index in [9.17, 15) is 4.79 Å². The lowest BCUT2D eigenvalue weighted by atomic mass is 10.1. The minimum Gasteiger partial charge on any atom is -0.330 e. The predicted octanol–water partition coefficient (Wildman–Crippen LogP) is 1.08. The molecule has 0 unspecified atom stereocenters. The minimum atomic E-state index is -0.353. The van der Waals surface area contributed by atoms with E-state index in [4.69, 9.17) is 17.3 Å². The molecule has 0 radical (unpaired) electrons. The highest BCUT2D eigenvalue weighted by Gasteiger charge is 2.04. The molecule has 1 heterocycles. The second kappa shape index (κ2) is 4.00. The molecule has 78 valence electrons.